The third-order valence-electron chi connectivity index (χ3n) is 8.32. The lowest BCUT2D eigenvalue weighted by molar-refractivity contribution is 0.0831. The molecule has 1 aliphatic carbocycles. The molecule has 1 amide bonds. The molecule has 38 heavy (non-hydrogen) atoms. The first-order valence-corrected chi connectivity index (χ1v) is 14.8. The summed E-state index contributed by atoms with van der Waals surface area (Å²) < 4.78 is 0.967. The summed E-state index contributed by atoms with van der Waals surface area (Å²) in [6.45, 7) is 6.58. The molecule has 0 atom stereocenters. The number of nitrogens with zero attached hydrogens (tertiary/aromatic N) is 6. The molecule has 3 fully saturated rings. The fourth-order valence-corrected chi connectivity index (χ4v) is 7.43. The molecule has 0 radical (unpaired) electrons. The lowest BCUT2D eigenvalue weighted by atomic mass is 9.96. The van der Waals surface area contributed by atoms with Gasteiger partial charge in [0.2, 0.25) is 5.95 Å². The first-order valence-electron chi connectivity index (χ1n) is 14.0. The second kappa shape index (κ2) is 11.1. The molecule has 0 spiro atoms. The van der Waals surface area contributed by atoms with Crippen LogP contribution < -0.4 is 15.5 Å². The van der Waals surface area contributed by atoms with Crippen LogP contribution in [0, 0.1) is 0 Å². The Labute approximate surface area is 228 Å². The van der Waals surface area contributed by atoms with E-state index in [0.29, 0.717) is 11.9 Å². The maximum atomic E-state index is 13.0. The molecule has 0 bridgehead atoms. The number of carbonyl (C=O) groups is 1. The lowest BCUT2D eigenvalue weighted by Gasteiger charge is -2.41. The number of fused-ring (bicyclic) bond motifs is 1. The van der Waals surface area contributed by atoms with E-state index in [4.69, 9.17) is 4.98 Å². The van der Waals surface area contributed by atoms with Crippen LogP contribution in [0.15, 0.2) is 24.5 Å². The molecular weight excluding hydrogens is 496 g/mol. The van der Waals surface area contributed by atoms with Crippen molar-refractivity contribution in [2.75, 3.05) is 63.6 Å². The minimum atomic E-state index is 0.0539. The zero-order valence-corrected chi connectivity index (χ0v) is 23.3. The van der Waals surface area contributed by atoms with E-state index in [2.05, 4.69) is 36.5 Å². The Morgan fingerprint density at radius 3 is 2.47 bits per heavy atom. The number of rotatable bonds is 6. The Balaban J connectivity index is 1.16. The average Bonchev–Trinajstić information content (AvgIpc) is 3.61. The first-order chi connectivity index (χ1) is 18.6. The predicted molar refractivity (Wildman–Crippen MR) is 154 cm³/mol. The van der Waals surface area contributed by atoms with Crippen LogP contribution in [0.4, 0.5) is 17.5 Å². The van der Waals surface area contributed by atoms with E-state index >= 15 is 0 Å². The zero-order valence-electron chi connectivity index (χ0n) is 22.4. The van der Waals surface area contributed by atoms with Crippen LogP contribution in [0.1, 0.15) is 59.7 Å². The minimum absolute atomic E-state index is 0.0539. The molecule has 2 aliphatic heterocycles. The van der Waals surface area contributed by atoms with Crippen LogP contribution in [0.3, 0.4) is 0 Å². The molecule has 6 rings (SSSR count). The molecule has 10 heteroatoms. The highest BCUT2D eigenvalue weighted by molar-refractivity contribution is 7.21. The van der Waals surface area contributed by atoms with Gasteiger partial charge < -0.3 is 20.4 Å². The molecule has 2 N–H and O–H groups in total. The Morgan fingerprint density at radius 1 is 1.03 bits per heavy atom. The van der Waals surface area contributed by atoms with Crippen molar-refractivity contribution >= 4 is 44.9 Å². The van der Waals surface area contributed by atoms with Gasteiger partial charge in [0.25, 0.3) is 5.91 Å². The number of hydrogen-bond acceptors (Lipinski definition) is 9. The van der Waals surface area contributed by atoms with E-state index < -0.39 is 0 Å². The standard InChI is InChI=1S/C28H38N8OS/c1-34(2)27(37)26-24(19-5-3-4-6-19)25-22(38-26)18-31-28(33-25)32-23-8-7-21(17-30-23)36-15-13-35(14-16-36)20-9-11-29-12-10-20/h7-8,17-20,29H,3-6,9-16H2,1-2H3,(H,30,31,32,33). The number of nitrogens with one attached hydrogen (secondary N) is 2. The van der Waals surface area contributed by atoms with Crippen molar-refractivity contribution < 1.29 is 4.79 Å². The van der Waals surface area contributed by atoms with E-state index in [1.807, 2.05) is 32.6 Å². The molecule has 9 nitrogen and oxygen atoms in total. The fourth-order valence-electron chi connectivity index (χ4n) is 6.21. The Kier molecular flexibility index (Phi) is 7.45. The summed E-state index contributed by atoms with van der Waals surface area (Å²) in [5.41, 5.74) is 3.18. The molecule has 3 aromatic heterocycles. The molecule has 5 heterocycles. The monoisotopic (exact) mass is 534 g/mol. The molecule has 2 saturated heterocycles. The maximum Gasteiger partial charge on any atom is 0.263 e. The van der Waals surface area contributed by atoms with Gasteiger partial charge in [0.1, 0.15) is 5.82 Å². The van der Waals surface area contributed by atoms with Gasteiger partial charge in [0.05, 0.1) is 33.2 Å². The Bertz CT molecular complexity index is 1260. The third-order valence-corrected chi connectivity index (χ3v) is 9.44. The number of aromatic nitrogens is 3. The van der Waals surface area contributed by atoms with Crippen molar-refractivity contribution in [1.82, 2.24) is 30.1 Å². The summed E-state index contributed by atoms with van der Waals surface area (Å²) in [5.74, 6) is 1.69. The molecule has 0 unspecified atom stereocenters. The van der Waals surface area contributed by atoms with E-state index in [9.17, 15) is 4.79 Å². The van der Waals surface area contributed by atoms with Gasteiger partial charge in [-0.05, 0) is 56.8 Å². The Hall–Kier alpha value is -2.82. The van der Waals surface area contributed by atoms with Gasteiger partial charge in [-0.3, -0.25) is 9.69 Å². The van der Waals surface area contributed by atoms with Gasteiger partial charge in [0.15, 0.2) is 0 Å². The van der Waals surface area contributed by atoms with Crippen molar-refractivity contribution in [3.05, 3.63) is 35.0 Å². The second-order valence-electron chi connectivity index (χ2n) is 11.0. The van der Waals surface area contributed by atoms with Crippen LogP contribution in [0.25, 0.3) is 10.2 Å². The number of piperidine rings is 1. The summed E-state index contributed by atoms with van der Waals surface area (Å²) in [6.07, 6.45) is 10.9. The van der Waals surface area contributed by atoms with E-state index in [-0.39, 0.29) is 5.91 Å². The number of hydrogen-bond donors (Lipinski definition) is 2. The highest BCUT2D eigenvalue weighted by Gasteiger charge is 2.29. The summed E-state index contributed by atoms with van der Waals surface area (Å²) in [5, 5.41) is 6.77. The molecule has 0 aromatic carbocycles. The Morgan fingerprint density at radius 2 is 1.79 bits per heavy atom. The van der Waals surface area contributed by atoms with Crippen molar-refractivity contribution in [3.8, 4) is 0 Å². The average molecular weight is 535 g/mol. The largest absolute Gasteiger partial charge is 0.368 e. The molecule has 202 valence electrons. The molecular formula is C28H38N8OS. The van der Waals surface area contributed by atoms with Gasteiger partial charge in [-0.2, -0.15) is 0 Å². The minimum Gasteiger partial charge on any atom is -0.368 e. The number of amides is 1. The topological polar surface area (TPSA) is 89.5 Å². The number of pyridine rings is 1. The SMILES string of the molecule is CN(C)C(=O)c1sc2cnc(Nc3ccc(N4CCN(C5CCNCC5)CC4)cn3)nc2c1C1CCCC1. The molecule has 1 saturated carbocycles. The van der Waals surface area contributed by atoms with Crippen molar-refractivity contribution in [2.45, 2.75) is 50.5 Å². The van der Waals surface area contributed by atoms with Gasteiger partial charge in [-0.25, -0.2) is 15.0 Å². The second-order valence-corrected chi connectivity index (χ2v) is 12.0. The lowest BCUT2D eigenvalue weighted by Crippen LogP contribution is -2.52. The van der Waals surface area contributed by atoms with Crippen molar-refractivity contribution in [3.63, 3.8) is 0 Å². The highest BCUT2D eigenvalue weighted by atomic mass is 32.1. The predicted octanol–water partition coefficient (Wildman–Crippen LogP) is 4.06. The quantitative estimate of drug-likeness (QED) is 0.489. The van der Waals surface area contributed by atoms with E-state index in [0.717, 1.165) is 90.3 Å². The van der Waals surface area contributed by atoms with E-state index in [1.165, 1.54) is 37.0 Å². The smallest absolute Gasteiger partial charge is 0.263 e. The van der Waals surface area contributed by atoms with Crippen LogP contribution in [0.5, 0.6) is 0 Å². The normalized spacial score (nSPS) is 19.8. The van der Waals surface area contributed by atoms with Crippen LogP contribution >= 0.6 is 11.3 Å². The first kappa shape index (κ1) is 25.5. The zero-order chi connectivity index (χ0) is 26.1. The van der Waals surface area contributed by atoms with Crippen molar-refractivity contribution in [2.24, 2.45) is 0 Å². The number of anilines is 3. The van der Waals surface area contributed by atoms with Gasteiger partial charge >= 0.3 is 0 Å². The summed E-state index contributed by atoms with van der Waals surface area (Å²) >= 11 is 1.52. The number of piperazine rings is 1. The van der Waals surface area contributed by atoms with Crippen LogP contribution in [0.2, 0.25) is 0 Å². The van der Waals surface area contributed by atoms with Crippen LogP contribution in [-0.2, 0) is 0 Å². The highest BCUT2D eigenvalue weighted by Crippen LogP contribution is 2.43. The summed E-state index contributed by atoms with van der Waals surface area (Å²) in [4.78, 5) is 34.7. The maximum absolute atomic E-state index is 13.0. The van der Waals surface area contributed by atoms with Gasteiger partial charge in [0, 0.05) is 51.9 Å². The number of carbonyl (C=O) groups excluding carboxylic acids is 1. The van der Waals surface area contributed by atoms with Gasteiger partial charge in [-0.1, -0.05) is 12.8 Å². The third kappa shape index (κ3) is 5.21. The molecule has 3 aromatic rings. The van der Waals surface area contributed by atoms with E-state index in [1.54, 1.807) is 4.90 Å². The summed E-state index contributed by atoms with van der Waals surface area (Å²) in [6, 6.07) is 4.88. The van der Waals surface area contributed by atoms with Gasteiger partial charge in [-0.15, -0.1) is 11.3 Å². The van der Waals surface area contributed by atoms with Crippen LogP contribution in [-0.4, -0.2) is 90.1 Å². The number of thiophene rings is 1. The summed E-state index contributed by atoms with van der Waals surface area (Å²) in [7, 11) is 3.63. The molecule has 3 aliphatic rings. The van der Waals surface area contributed by atoms with Crippen molar-refractivity contribution in [1.29, 1.82) is 0 Å². The fraction of sp³-hybridized carbons (Fsp3) is 0.571.